The van der Waals surface area contributed by atoms with Crippen LogP contribution < -0.4 is 5.56 Å². The Morgan fingerprint density at radius 1 is 1.00 bits per heavy atom. The van der Waals surface area contributed by atoms with Crippen LogP contribution in [0.1, 0.15) is 51.7 Å². The van der Waals surface area contributed by atoms with Crippen molar-refractivity contribution in [1.82, 2.24) is 34.7 Å². The molecular formula is C30H33N7O2. The SMILES string of the molecule is CCCCc1cn(CC(=O)C(C)(C)C)c(=O)c2c1ncn2Cc1ccc(-c2ccccc2-c2nn[nH]n2)cc1. The second-order valence-electron chi connectivity index (χ2n) is 10.9. The second-order valence-corrected chi connectivity index (χ2v) is 10.9. The van der Waals surface area contributed by atoms with E-state index in [1.807, 2.05) is 55.8 Å². The van der Waals surface area contributed by atoms with Crippen LogP contribution in [0.25, 0.3) is 33.5 Å². The number of carbonyl (C=O) groups is 1. The number of aromatic nitrogens is 7. The molecule has 0 spiro atoms. The average molecular weight is 524 g/mol. The number of hydrogen-bond donors (Lipinski definition) is 1. The van der Waals surface area contributed by atoms with Crippen LogP contribution in [0.3, 0.4) is 0 Å². The predicted octanol–water partition coefficient (Wildman–Crippen LogP) is 5.05. The summed E-state index contributed by atoms with van der Waals surface area (Å²) >= 11 is 0. The Bertz CT molecular complexity index is 1660. The smallest absolute Gasteiger partial charge is 0.277 e. The lowest BCUT2D eigenvalue weighted by Crippen LogP contribution is -2.31. The van der Waals surface area contributed by atoms with Crippen LogP contribution >= 0.6 is 0 Å². The molecule has 0 aliphatic rings. The minimum atomic E-state index is -0.525. The van der Waals surface area contributed by atoms with Crippen LogP contribution in [-0.2, 0) is 24.3 Å². The van der Waals surface area contributed by atoms with Gasteiger partial charge in [-0.05, 0) is 40.3 Å². The number of benzene rings is 2. The molecular weight excluding hydrogens is 490 g/mol. The Morgan fingerprint density at radius 3 is 2.41 bits per heavy atom. The number of aromatic amines is 1. The number of ketones is 1. The molecule has 0 aliphatic carbocycles. The maximum absolute atomic E-state index is 13.6. The van der Waals surface area contributed by atoms with Crippen LogP contribution in [-0.4, -0.2) is 40.5 Å². The van der Waals surface area contributed by atoms with Crippen molar-refractivity contribution in [2.45, 2.75) is 60.0 Å². The first kappa shape index (κ1) is 26.2. The Kier molecular flexibility index (Phi) is 7.24. The van der Waals surface area contributed by atoms with Gasteiger partial charge in [-0.25, -0.2) is 4.98 Å². The number of rotatable bonds is 9. The molecule has 0 unspecified atom stereocenters. The minimum Gasteiger partial charge on any atom is -0.322 e. The zero-order valence-corrected chi connectivity index (χ0v) is 22.8. The highest BCUT2D eigenvalue weighted by atomic mass is 16.1. The third kappa shape index (κ3) is 5.43. The molecule has 0 radical (unpaired) electrons. The van der Waals surface area contributed by atoms with Gasteiger partial charge in [-0.15, -0.1) is 10.2 Å². The number of nitrogens with zero attached hydrogens (tertiary/aromatic N) is 6. The first-order valence-corrected chi connectivity index (χ1v) is 13.3. The summed E-state index contributed by atoms with van der Waals surface area (Å²) in [5, 5.41) is 14.5. The van der Waals surface area contributed by atoms with Crippen molar-refractivity contribution in [2.24, 2.45) is 5.41 Å². The number of H-pyrrole nitrogens is 1. The normalized spacial score (nSPS) is 11.8. The first-order chi connectivity index (χ1) is 18.8. The van der Waals surface area contributed by atoms with Gasteiger partial charge in [0.1, 0.15) is 5.52 Å². The summed E-state index contributed by atoms with van der Waals surface area (Å²) < 4.78 is 3.46. The van der Waals surface area contributed by atoms with Crippen LogP contribution in [0.5, 0.6) is 0 Å². The summed E-state index contributed by atoms with van der Waals surface area (Å²) in [4.78, 5) is 31.1. The van der Waals surface area contributed by atoms with E-state index in [0.717, 1.165) is 52.6 Å². The molecule has 2 aromatic carbocycles. The van der Waals surface area contributed by atoms with Gasteiger partial charge in [0, 0.05) is 23.7 Å². The lowest BCUT2D eigenvalue weighted by molar-refractivity contribution is -0.126. The van der Waals surface area contributed by atoms with Crippen molar-refractivity contribution in [1.29, 1.82) is 0 Å². The Labute approximate surface area is 226 Å². The van der Waals surface area contributed by atoms with E-state index in [1.165, 1.54) is 0 Å². The number of Topliss-reactive ketones (excluding diaryl/α,β-unsaturated/α-hetero) is 1. The molecule has 5 rings (SSSR count). The van der Waals surface area contributed by atoms with Gasteiger partial charge >= 0.3 is 0 Å². The molecule has 3 heterocycles. The quantitative estimate of drug-likeness (QED) is 0.289. The molecule has 0 bridgehead atoms. The zero-order chi connectivity index (χ0) is 27.6. The molecule has 9 nitrogen and oxygen atoms in total. The summed E-state index contributed by atoms with van der Waals surface area (Å²) in [7, 11) is 0. The van der Waals surface area contributed by atoms with E-state index in [1.54, 1.807) is 10.9 Å². The van der Waals surface area contributed by atoms with Crippen LogP contribution in [0.4, 0.5) is 0 Å². The summed E-state index contributed by atoms with van der Waals surface area (Å²) in [6.07, 6.45) is 6.39. The number of pyridine rings is 1. The highest BCUT2D eigenvalue weighted by Crippen LogP contribution is 2.30. The van der Waals surface area contributed by atoms with Crippen LogP contribution in [0.2, 0.25) is 0 Å². The number of tetrazole rings is 1. The highest BCUT2D eigenvalue weighted by Gasteiger charge is 2.23. The number of hydrogen-bond acceptors (Lipinski definition) is 6. The molecule has 1 N–H and O–H groups in total. The molecule has 5 aromatic rings. The van der Waals surface area contributed by atoms with Gasteiger partial charge in [-0.3, -0.25) is 9.59 Å². The van der Waals surface area contributed by atoms with Gasteiger partial charge in [0.25, 0.3) is 5.56 Å². The molecule has 9 heteroatoms. The van der Waals surface area contributed by atoms with Crippen LogP contribution in [0.15, 0.2) is 65.8 Å². The fourth-order valence-electron chi connectivity index (χ4n) is 4.66. The molecule has 0 amide bonds. The summed E-state index contributed by atoms with van der Waals surface area (Å²) in [6, 6.07) is 16.1. The molecule has 0 saturated carbocycles. The summed E-state index contributed by atoms with van der Waals surface area (Å²) in [5.74, 6) is 0.563. The lowest BCUT2D eigenvalue weighted by atomic mass is 9.91. The number of fused-ring (bicyclic) bond motifs is 1. The molecule has 200 valence electrons. The predicted molar refractivity (Wildman–Crippen MR) is 151 cm³/mol. The van der Waals surface area contributed by atoms with E-state index in [9.17, 15) is 9.59 Å². The van der Waals surface area contributed by atoms with E-state index in [0.29, 0.717) is 17.9 Å². The maximum Gasteiger partial charge on any atom is 0.277 e. The van der Waals surface area contributed by atoms with E-state index < -0.39 is 5.41 Å². The largest absolute Gasteiger partial charge is 0.322 e. The fourth-order valence-corrected chi connectivity index (χ4v) is 4.66. The topological polar surface area (TPSA) is 111 Å². The third-order valence-electron chi connectivity index (χ3n) is 7.00. The average Bonchev–Trinajstić information content (AvgIpc) is 3.61. The van der Waals surface area contributed by atoms with Gasteiger partial charge in [-0.2, -0.15) is 5.21 Å². The Hall–Kier alpha value is -4.40. The summed E-state index contributed by atoms with van der Waals surface area (Å²) in [6.45, 7) is 8.32. The number of unbranched alkanes of at least 4 members (excludes halogenated alkanes) is 1. The van der Waals surface area contributed by atoms with Gasteiger partial charge in [0.2, 0.25) is 5.82 Å². The molecule has 0 fully saturated rings. The van der Waals surface area contributed by atoms with E-state index in [-0.39, 0.29) is 17.9 Å². The number of carbonyl (C=O) groups excluding carboxylic acids is 1. The monoisotopic (exact) mass is 523 g/mol. The lowest BCUT2D eigenvalue weighted by Gasteiger charge is -2.18. The molecule has 0 saturated heterocycles. The fraction of sp³-hybridized carbons (Fsp3) is 0.333. The number of imidazole rings is 1. The van der Waals surface area contributed by atoms with Gasteiger partial charge in [0.05, 0.1) is 18.4 Å². The summed E-state index contributed by atoms with van der Waals surface area (Å²) in [5.41, 5.74) is 5.50. The highest BCUT2D eigenvalue weighted by molar-refractivity contribution is 5.84. The Morgan fingerprint density at radius 2 is 1.74 bits per heavy atom. The van der Waals surface area contributed by atoms with Crippen molar-refractivity contribution < 1.29 is 4.79 Å². The van der Waals surface area contributed by atoms with Crippen molar-refractivity contribution >= 4 is 16.8 Å². The van der Waals surface area contributed by atoms with E-state index >= 15 is 0 Å². The van der Waals surface area contributed by atoms with Crippen molar-refractivity contribution in [3.05, 3.63) is 82.5 Å². The first-order valence-electron chi connectivity index (χ1n) is 13.3. The number of aryl methyl sites for hydroxylation is 1. The van der Waals surface area contributed by atoms with E-state index in [2.05, 4.69) is 56.8 Å². The molecule has 3 aromatic heterocycles. The van der Waals surface area contributed by atoms with Gasteiger partial charge in [0.15, 0.2) is 5.78 Å². The number of nitrogens with one attached hydrogen (secondary N) is 1. The van der Waals surface area contributed by atoms with Crippen molar-refractivity contribution in [3.8, 4) is 22.5 Å². The van der Waals surface area contributed by atoms with Crippen molar-refractivity contribution in [2.75, 3.05) is 0 Å². The third-order valence-corrected chi connectivity index (χ3v) is 7.00. The van der Waals surface area contributed by atoms with Crippen LogP contribution in [0, 0.1) is 5.41 Å². The molecule has 0 atom stereocenters. The maximum atomic E-state index is 13.6. The molecule has 39 heavy (non-hydrogen) atoms. The zero-order valence-electron chi connectivity index (χ0n) is 22.8. The minimum absolute atomic E-state index is 0.0214. The standard InChI is InChI=1S/C30H33N7O2/c1-5-6-9-22-17-36(18-25(38)30(2,3)4)29(39)27-26(22)31-19-37(27)16-20-12-14-21(15-13-20)23-10-7-8-11-24(23)28-32-34-35-33-28/h7-8,10-15,17,19H,5-6,9,16,18H2,1-4H3,(H,32,33,34,35). The van der Waals surface area contributed by atoms with Gasteiger partial charge < -0.3 is 9.13 Å². The van der Waals surface area contributed by atoms with E-state index in [4.69, 9.17) is 0 Å². The Balaban J connectivity index is 1.49. The van der Waals surface area contributed by atoms with Gasteiger partial charge in [-0.1, -0.05) is 82.6 Å². The van der Waals surface area contributed by atoms with Crippen molar-refractivity contribution in [3.63, 3.8) is 0 Å². The second kappa shape index (κ2) is 10.8. The molecule has 0 aliphatic heterocycles.